The number of hydrogen-bond acceptors (Lipinski definition) is 3. The predicted octanol–water partition coefficient (Wildman–Crippen LogP) is 2.22. The van der Waals surface area contributed by atoms with Gasteiger partial charge in [0.15, 0.2) is 0 Å². The SMILES string of the molecule is Cc1cccc(OCCN(C)C(=O)CC2CCNCC2)c1. The molecule has 4 heteroatoms. The Kier molecular flexibility index (Phi) is 6.05. The van der Waals surface area contributed by atoms with Crippen molar-refractivity contribution in [1.82, 2.24) is 10.2 Å². The zero-order chi connectivity index (χ0) is 15.1. The van der Waals surface area contributed by atoms with E-state index in [0.717, 1.165) is 31.7 Å². The van der Waals surface area contributed by atoms with Gasteiger partial charge in [-0.05, 0) is 56.5 Å². The van der Waals surface area contributed by atoms with Crippen molar-refractivity contribution in [1.29, 1.82) is 0 Å². The maximum atomic E-state index is 12.2. The van der Waals surface area contributed by atoms with Gasteiger partial charge in [0, 0.05) is 13.5 Å². The first-order valence-corrected chi connectivity index (χ1v) is 7.79. The molecule has 0 radical (unpaired) electrons. The molecule has 1 N–H and O–H groups in total. The summed E-state index contributed by atoms with van der Waals surface area (Å²) in [6, 6.07) is 7.99. The number of likely N-dealkylation sites (N-methyl/N-ethyl adjacent to an activating group) is 1. The topological polar surface area (TPSA) is 41.6 Å². The van der Waals surface area contributed by atoms with Crippen LogP contribution in [0, 0.1) is 12.8 Å². The molecule has 0 atom stereocenters. The fourth-order valence-corrected chi connectivity index (χ4v) is 2.62. The lowest BCUT2D eigenvalue weighted by atomic mass is 9.94. The molecule has 1 aromatic rings. The van der Waals surface area contributed by atoms with Crippen molar-refractivity contribution in [3.8, 4) is 5.75 Å². The third kappa shape index (κ3) is 5.38. The van der Waals surface area contributed by atoms with E-state index in [1.165, 1.54) is 5.56 Å². The van der Waals surface area contributed by atoms with Crippen LogP contribution in [0.25, 0.3) is 0 Å². The first-order chi connectivity index (χ1) is 10.1. The zero-order valence-corrected chi connectivity index (χ0v) is 13.1. The lowest BCUT2D eigenvalue weighted by Crippen LogP contribution is -2.35. The van der Waals surface area contributed by atoms with E-state index in [-0.39, 0.29) is 5.91 Å². The second-order valence-corrected chi connectivity index (χ2v) is 5.88. The summed E-state index contributed by atoms with van der Waals surface area (Å²) in [6.07, 6.45) is 2.89. The van der Waals surface area contributed by atoms with Gasteiger partial charge in [0.1, 0.15) is 12.4 Å². The Labute approximate surface area is 127 Å². The molecule has 21 heavy (non-hydrogen) atoms. The van der Waals surface area contributed by atoms with Crippen LogP contribution in [0.1, 0.15) is 24.8 Å². The Balaban J connectivity index is 1.68. The standard InChI is InChI=1S/C17H26N2O2/c1-14-4-3-5-16(12-14)21-11-10-19(2)17(20)13-15-6-8-18-9-7-15/h3-5,12,15,18H,6-11,13H2,1-2H3. The summed E-state index contributed by atoms with van der Waals surface area (Å²) in [6.45, 7) is 5.30. The monoisotopic (exact) mass is 290 g/mol. The Bertz CT molecular complexity index is 456. The van der Waals surface area contributed by atoms with Crippen LogP contribution < -0.4 is 10.1 Å². The van der Waals surface area contributed by atoms with Crippen molar-refractivity contribution in [3.63, 3.8) is 0 Å². The second-order valence-electron chi connectivity index (χ2n) is 5.88. The average Bonchev–Trinajstić information content (AvgIpc) is 2.48. The van der Waals surface area contributed by atoms with Gasteiger partial charge in [0.05, 0.1) is 6.54 Å². The Morgan fingerprint density at radius 2 is 2.14 bits per heavy atom. The highest BCUT2D eigenvalue weighted by Gasteiger charge is 2.18. The molecular formula is C17H26N2O2. The maximum Gasteiger partial charge on any atom is 0.222 e. The predicted molar refractivity (Wildman–Crippen MR) is 84.5 cm³/mol. The van der Waals surface area contributed by atoms with Gasteiger partial charge in [-0.1, -0.05) is 12.1 Å². The number of amides is 1. The van der Waals surface area contributed by atoms with Crippen molar-refractivity contribution in [2.24, 2.45) is 5.92 Å². The van der Waals surface area contributed by atoms with Crippen molar-refractivity contribution in [2.75, 3.05) is 33.3 Å². The molecular weight excluding hydrogens is 264 g/mol. The minimum absolute atomic E-state index is 0.231. The molecule has 0 spiro atoms. The van der Waals surface area contributed by atoms with Crippen molar-refractivity contribution < 1.29 is 9.53 Å². The van der Waals surface area contributed by atoms with Gasteiger partial charge in [-0.3, -0.25) is 4.79 Å². The lowest BCUT2D eigenvalue weighted by molar-refractivity contribution is -0.131. The van der Waals surface area contributed by atoms with Crippen LogP contribution in [-0.2, 0) is 4.79 Å². The van der Waals surface area contributed by atoms with Crippen LogP contribution in [0.5, 0.6) is 5.75 Å². The summed E-state index contributed by atoms with van der Waals surface area (Å²) in [5, 5.41) is 3.33. The number of carbonyl (C=O) groups excluding carboxylic acids is 1. The van der Waals surface area contributed by atoms with Gasteiger partial charge in [-0.2, -0.15) is 0 Å². The maximum absolute atomic E-state index is 12.2. The third-order valence-corrected chi connectivity index (χ3v) is 4.03. The average molecular weight is 290 g/mol. The van der Waals surface area contributed by atoms with Crippen LogP contribution in [0.2, 0.25) is 0 Å². The summed E-state index contributed by atoms with van der Waals surface area (Å²) >= 11 is 0. The number of benzene rings is 1. The quantitative estimate of drug-likeness (QED) is 0.873. The van der Waals surface area contributed by atoms with Gasteiger partial charge < -0.3 is 15.0 Å². The molecule has 1 aliphatic rings. The molecule has 0 aromatic heterocycles. The fraction of sp³-hybridized carbons (Fsp3) is 0.588. The van der Waals surface area contributed by atoms with E-state index in [2.05, 4.69) is 5.32 Å². The number of piperidine rings is 1. The Morgan fingerprint density at radius 1 is 1.38 bits per heavy atom. The normalized spacial score (nSPS) is 15.7. The molecule has 1 fully saturated rings. The summed E-state index contributed by atoms with van der Waals surface area (Å²) in [5.74, 6) is 1.64. The van der Waals surface area contributed by atoms with Crippen LogP contribution in [0.15, 0.2) is 24.3 Å². The van der Waals surface area contributed by atoms with Gasteiger partial charge in [0.2, 0.25) is 5.91 Å². The highest BCUT2D eigenvalue weighted by atomic mass is 16.5. The molecule has 1 saturated heterocycles. The third-order valence-electron chi connectivity index (χ3n) is 4.03. The van der Waals surface area contributed by atoms with Gasteiger partial charge in [-0.15, -0.1) is 0 Å². The zero-order valence-electron chi connectivity index (χ0n) is 13.1. The van der Waals surface area contributed by atoms with Crippen LogP contribution in [-0.4, -0.2) is 44.1 Å². The van der Waals surface area contributed by atoms with Crippen molar-refractivity contribution in [3.05, 3.63) is 29.8 Å². The van der Waals surface area contributed by atoms with Crippen LogP contribution in [0.3, 0.4) is 0 Å². The van der Waals surface area contributed by atoms with Crippen LogP contribution in [0.4, 0.5) is 0 Å². The minimum Gasteiger partial charge on any atom is -0.492 e. The number of rotatable bonds is 6. The molecule has 1 heterocycles. The minimum atomic E-state index is 0.231. The number of nitrogens with zero attached hydrogens (tertiary/aromatic N) is 1. The molecule has 0 saturated carbocycles. The van der Waals surface area contributed by atoms with Crippen molar-refractivity contribution in [2.45, 2.75) is 26.2 Å². The number of ether oxygens (including phenoxy) is 1. The molecule has 1 amide bonds. The smallest absolute Gasteiger partial charge is 0.222 e. The van der Waals surface area contributed by atoms with E-state index in [1.54, 1.807) is 4.90 Å². The highest BCUT2D eigenvalue weighted by Crippen LogP contribution is 2.17. The molecule has 4 nitrogen and oxygen atoms in total. The fourth-order valence-electron chi connectivity index (χ4n) is 2.62. The first-order valence-electron chi connectivity index (χ1n) is 7.79. The van der Waals surface area contributed by atoms with E-state index in [9.17, 15) is 4.79 Å². The molecule has 1 aromatic carbocycles. The summed E-state index contributed by atoms with van der Waals surface area (Å²) in [5.41, 5.74) is 1.18. The number of carbonyl (C=O) groups is 1. The van der Waals surface area contributed by atoms with Gasteiger partial charge in [-0.25, -0.2) is 0 Å². The number of hydrogen-bond donors (Lipinski definition) is 1. The summed E-state index contributed by atoms with van der Waals surface area (Å²) < 4.78 is 5.69. The van der Waals surface area contributed by atoms with E-state index in [1.807, 2.05) is 38.2 Å². The molecule has 0 aliphatic carbocycles. The first kappa shape index (κ1) is 15.8. The lowest BCUT2D eigenvalue weighted by Gasteiger charge is -2.25. The number of nitrogens with one attached hydrogen (secondary N) is 1. The number of aryl methyl sites for hydroxylation is 1. The van der Waals surface area contributed by atoms with Gasteiger partial charge in [0.25, 0.3) is 0 Å². The summed E-state index contributed by atoms with van der Waals surface area (Å²) in [4.78, 5) is 13.9. The van der Waals surface area contributed by atoms with E-state index in [4.69, 9.17) is 4.74 Å². The molecule has 0 unspecified atom stereocenters. The molecule has 2 rings (SSSR count). The highest BCUT2D eigenvalue weighted by molar-refractivity contribution is 5.76. The Morgan fingerprint density at radius 3 is 2.86 bits per heavy atom. The van der Waals surface area contributed by atoms with Gasteiger partial charge >= 0.3 is 0 Å². The van der Waals surface area contributed by atoms with Crippen LogP contribution >= 0.6 is 0 Å². The van der Waals surface area contributed by atoms with E-state index in [0.29, 0.717) is 25.5 Å². The Hall–Kier alpha value is -1.55. The molecule has 116 valence electrons. The molecule has 0 bridgehead atoms. The molecule has 1 aliphatic heterocycles. The second kappa shape index (κ2) is 8.03. The van der Waals surface area contributed by atoms with Crippen molar-refractivity contribution >= 4 is 5.91 Å². The van der Waals surface area contributed by atoms with E-state index >= 15 is 0 Å². The van der Waals surface area contributed by atoms with E-state index < -0.39 is 0 Å². The largest absolute Gasteiger partial charge is 0.492 e. The summed E-state index contributed by atoms with van der Waals surface area (Å²) in [7, 11) is 1.86.